The van der Waals surface area contributed by atoms with Crippen LogP contribution in [0, 0.1) is 0 Å². The molecule has 0 bridgehead atoms. The van der Waals surface area contributed by atoms with E-state index in [9.17, 15) is 4.79 Å². The van der Waals surface area contributed by atoms with Gasteiger partial charge in [0.15, 0.2) is 5.82 Å². The highest BCUT2D eigenvalue weighted by Crippen LogP contribution is 2.34. The second-order valence-electron chi connectivity index (χ2n) is 6.83. The van der Waals surface area contributed by atoms with Crippen molar-refractivity contribution in [1.82, 2.24) is 14.8 Å². The summed E-state index contributed by atoms with van der Waals surface area (Å²) in [5.74, 6) is 0.627. The molecule has 1 fully saturated rings. The van der Waals surface area contributed by atoms with E-state index in [4.69, 9.17) is 11.5 Å². The molecule has 4 rings (SSSR count). The number of pyridine rings is 1. The molecule has 1 saturated heterocycles. The minimum absolute atomic E-state index is 0.226. The summed E-state index contributed by atoms with van der Waals surface area (Å²) < 4.78 is 2.69. The Hall–Kier alpha value is -2.65. The summed E-state index contributed by atoms with van der Waals surface area (Å²) >= 11 is 1.37. The summed E-state index contributed by atoms with van der Waals surface area (Å²) in [5.41, 5.74) is 13.9. The van der Waals surface area contributed by atoms with E-state index in [2.05, 4.69) is 20.3 Å². The maximum absolute atomic E-state index is 13.0. The minimum atomic E-state index is -0.266. The average Bonchev–Trinajstić information content (AvgIpc) is 3.08. The summed E-state index contributed by atoms with van der Waals surface area (Å²) in [6.45, 7) is 1.73. The maximum atomic E-state index is 13.0. The number of rotatable bonds is 3. The number of aromatic nitrogens is 3. The van der Waals surface area contributed by atoms with Gasteiger partial charge in [0.2, 0.25) is 0 Å². The van der Waals surface area contributed by atoms with E-state index in [0.717, 1.165) is 42.9 Å². The molecule has 0 radical (unpaired) electrons. The predicted molar refractivity (Wildman–Crippen MR) is 109 cm³/mol. The fourth-order valence-corrected chi connectivity index (χ4v) is 4.51. The van der Waals surface area contributed by atoms with Gasteiger partial charge >= 0.3 is 0 Å². The molecule has 1 amide bonds. The summed E-state index contributed by atoms with van der Waals surface area (Å²) in [6, 6.07) is 3.98. The quantitative estimate of drug-likeness (QED) is 0.636. The largest absolute Gasteiger partial charge is 0.390 e. The molecule has 8 nitrogen and oxygen atoms in total. The molecule has 1 atom stereocenters. The number of hydrogen-bond acceptors (Lipinski definition) is 7. The number of fused-ring (bicyclic) bond motifs is 1. The van der Waals surface area contributed by atoms with E-state index >= 15 is 0 Å². The third kappa shape index (κ3) is 3.35. The summed E-state index contributed by atoms with van der Waals surface area (Å²) in [7, 11) is 1.88. The summed E-state index contributed by atoms with van der Waals surface area (Å²) in [6.07, 6.45) is 6.30. The van der Waals surface area contributed by atoms with Crippen LogP contribution in [0.1, 0.15) is 29.6 Å². The number of anilines is 3. The van der Waals surface area contributed by atoms with Crippen molar-refractivity contribution in [2.24, 2.45) is 12.8 Å². The van der Waals surface area contributed by atoms with Crippen LogP contribution in [0.2, 0.25) is 0 Å². The molecule has 0 spiro atoms. The fraction of sp³-hybridized carbons (Fsp3) is 0.389. The molecule has 3 aromatic heterocycles. The zero-order chi connectivity index (χ0) is 19.0. The number of nitrogens with two attached hydrogens (primary N) is 2. The van der Waals surface area contributed by atoms with Gasteiger partial charge in [-0.05, 0) is 31.4 Å². The van der Waals surface area contributed by atoms with Crippen LogP contribution in [-0.4, -0.2) is 39.8 Å². The Morgan fingerprint density at radius 1 is 1.37 bits per heavy atom. The Labute approximate surface area is 161 Å². The molecule has 4 heterocycles. The van der Waals surface area contributed by atoms with Gasteiger partial charge in [0.1, 0.15) is 16.3 Å². The van der Waals surface area contributed by atoms with Gasteiger partial charge in [0.25, 0.3) is 5.91 Å². The minimum Gasteiger partial charge on any atom is -0.390 e. The highest BCUT2D eigenvalue weighted by Gasteiger charge is 2.24. The summed E-state index contributed by atoms with van der Waals surface area (Å²) in [4.78, 5) is 19.5. The van der Waals surface area contributed by atoms with Crippen LogP contribution < -0.4 is 21.7 Å². The van der Waals surface area contributed by atoms with E-state index in [1.165, 1.54) is 11.3 Å². The SMILES string of the molecule is Cn1ncc(NC(=O)c2c(N)sc3cccnc23)c1N1CCC[C@@H](N)CC1. The van der Waals surface area contributed by atoms with Crippen LogP contribution in [0.5, 0.6) is 0 Å². The number of nitrogens with zero attached hydrogens (tertiary/aromatic N) is 4. The first kappa shape index (κ1) is 17.7. The van der Waals surface area contributed by atoms with Crippen molar-refractivity contribution in [3.05, 3.63) is 30.1 Å². The lowest BCUT2D eigenvalue weighted by atomic mass is 10.1. The van der Waals surface area contributed by atoms with Crippen LogP contribution in [-0.2, 0) is 7.05 Å². The van der Waals surface area contributed by atoms with Gasteiger partial charge in [0, 0.05) is 32.4 Å². The first-order valence-corrected chi connectivity index (χ1v) is 9.83. The maximum Gasteiger partial charge on any atom is 0.261 e. The van der Waals surface area contributed by atoms with Gasteiger partial charge in [-0.2, -0.15) is 5.10 Å². The first-order chi connectivity index (χ1) is 13.0. The van der Waals surface area contributed by atoms with Crippen LogP contribution in [0.3, 0.4) is 0 Å². The van der Waals surface area contributed by atoms with Crippen molar-refractivity contribution < 1.29 is 4.79 Å². The van der Waals surface area contributed by atoms with E-state index < -0.39 is 0 Å². The lowest BCUT2D eigenvalue weighted by Gasteiger charge is -2.24. The molecule has 0 unspecified atom stereocenters. The third-order valence-corrected chi connectivity index (χ3v) is 5.90. The number of carbonyl (C=O) groups is 1. The highest BCUT2D eigenvalue weighted by atomic mass is 32.1. The molecule has 5 N–H and O–H groups in total. The molecular formula is C18H23N7OS. The van der Waals surface area contributed by atoms with Crippen LogP contribution in [0.4, 0.5) is 16.5 Å². The van der Waals surface area contributed by atoms with Gasteiger partial charge in [-0.25, -0.2) is 0 Å². The van der Waals surface area contributed by atoms with Crippen LogP contribution in [0.15, 0.2) is 24.5 Å². The third-order valence-electron chi connectivity index (χ3n) is 4.93. The second-order valence-corrected chi connectivity index (χ2v) is 7.91. The van der Waals surface area contributed by atoms with Crippen molar-refractivity contribution in [3.8, 4) is 0 Å². The molecule has 1 aliphatic heterocycles. The van der Waals surface area contributed by atoms with E-state index in [1.807, 2.05) is 19.2 Å². The Kier molecular flexibility index (Phi) is 4.71. The topological polar surface area (TPSA) is 115 Å². The number of hydrogen-bond donors (Lipinski definition) is 3. The standard InChI is InChI=1S/C18H23N7OS/c1-24-18(25-8-3-4-11(19)6-9-25)12(10-22-24)23-17(26)14-15-13(27-16(14)20)5-2-7-21-15/h2,5,7,10-11H,3-4,6,8-9,19-20H2,1H3,(H,23,26)/t11-/m1/s1. The summed E-state index contributed by atoms with van der Waals surface area (Å²) in [5, 5.41) is 7.80. The number of nitrogens with one attached hydrogen (secondary N) is 1. The Balaban J connectivity index is 1.63. The molecule has 3 aromatic rings. The number of amides is 1. The monoisotopic (exact) mass is 385 g/mol. The number of thiophene rings is 1. The second kappa shape index (κ2) is 7.16. The van der Waals surface area contributed by atoms with Crippen molar-refractivity contribution in [1.29, 1.82) is 0 Å². The van der Waals surface area contributed by atoms with Gasteiger partial charge in [0.05, 0.1) is 16.4 Å². The zero-order valence-electron chi connectivity index (χ0n) is 15.2. The van der Waals surface area contributed by atoms with E-state index in [1.54, 1.807) is 17.1 Å². The molecule has 0 aromatic carbocycles. The molecule has 1 aliphatic rings. The Morgan fingerprint density at radius 3 is 3.07 bits per heavy atom. The number of nitrogen functional groups attached to an aromatic ring is 1. The van der Waals surface area contributed by atoms with Gasteiger partial charge < -0.3 is 21.7 Å². The Bertz CT molecular complexity index is 979. The van der Waals surface area contributed by atoms with Crippen molar-refractivity contribution in [2.75, 3.05) is 29.0 Å². The smallest absolute Gasteiger partial charge is 0.261 e. The zero-order valence-corrected chi connectivity index (χ0v) is 16.0. The van der Waals surface area contributed by atoms with Crippen LogP contribution in [0.25, 0.3) is 10.2 Å². The van der Waals surface area contributed by atoms with Gasteiger partial charge in [-0.1, -0.05) is 0 Å². The molecule has 0 saturated carbocycles. The fourth-order valence-electron chi connectivity index (χ4n) is 3.58. The molecule has 142 valence electrons. The number of carbonyl (C=O) groups excluding carboxylic acids is 1. The predicted octanol–water partition coefficient (Wildman–Crippen LogP) is 2.18. The molecular weight excluding hydrogens is 362 g/mol. The Morgan fingerprint density at radius 2 is 2.22 bits per heavy atom. The van der Waals surface area contributed by atoms with Crippen LogP contribution >= 0.6 is 11.3 Å². The first-order valence-electron chi connectivity index (χ1n) is 9.01. The number of aryl methyl sites for hydroxylation is 1. The lowest BCUT2D eigenvalue weighted by molar-refractivity contribution is 0.102. The van der Waals surface area contributed by atoms with E-state index in [0.29, 0.717) is 21.8 Å². The van der Waals surface area contributed by atoms with Crippen molar-refractivity contribution >= 4 is 44.0 Å². The molecule has 0 aliphatic carbocycles. The normalized spacial score (nSPS) is 17.9. The van der Waals surface area contributed by atoms with Crippen molar-refractivity contribution in [2.45, 2.75) is 25.3 Å². The molecule has 27 heavy (non-hydrogen) atoms. The van der Waals surface area contributed by atoms with Gasteiger partial charge in [-0.3, -0.25) is 14.5 Å². The van der Waals surface area contributed by atoms with E-state index in [-0.39, 0.29) is 11.9 Å². The highest BCUT2D eigenvalue weighted by molar-refractivity contribution is 7.23. The van der Waals surface area contributed by atoms with Gasteiger partial charge in [-0.15, -0.1) is 11.3 Å². The molecule has 9 heteroatoms. The average molecular weight is 385 g/mol. The van der Waals surface area contributed by atoms with Crippen molar-refractivity contribution in [3.63, 3.8) is 0 Å². The lowest BCUT2D eigenvalue weighted by Crippen LogP contribution is -2.29.